The molecule has 1 aliphatic heterocycles. The second kappa shape index (κ2) is 6.77. The van der Waals surface area contributed by atoms with E-state index in [9.17, 15) is 0 Å². The molecule has 1 saturated heterocycles. The van der Waals surface area contributed by atoms with E-state index in [1.165, 1.54) is 31.2 Å². The zero-order valence-corrected chi connectivity index (χ0v) is 10.7. The molecular weight excluding hydrogens is 210 g/mol. The fourth-order valence-electron chi connectivity index (χ4n) is 2.38. The van der Waals surface area contributed by atoms with Gasteiger partial charge in [-0.1, -0.05) is 30.3 Å². The minimum Gasteiger partial charge on any atom is -0.378 e. The zero-order chi connectivity index (χ0) is 11.9. The molecule has 1 heterocycles. The van der Waals surface area contributed by atoms with Crippen molar-refractivity contribution in [2.75, 3.05) is 13.2 Å². The molecule has 2 rings (SSSR count). The number of nitrogens with one attached hydrogen (secondary N) is 1. The fourth-order valence-corrected chi connectivity index (χ4v) is 2.38. The number of hydrogen-bond acceptors (Lipinski definition) is 2. The van der Waals surface area contributed by atoms with E-state index >= 15 is 0 Å². The summed E-state index contributed by atoms with van der Waals surface area (Å²) in [6, 6.07) is 11.1. The van der Waals surface area contributed by atoms with E-state index in [0.717, 1.165) is 13.2 Å². The van der Waals surface area contributed by atoms with Gasteiger partial charge in [-0.3, -0.25) is 0 Å². The molecule has 0 aromatic heterocycles. The van der Waals surface area contributed by atoms with Gasteiger partial charge in [-0.25, -0.2) is 0 Å². The summed E-state index contributed by atoms with van der Waals surface area (Å²) in [5.74, 6) is 0. The number of ether oxygens (including phenoxy) is 1. The summed E-state index contributed by atoms with van der Waals surface area (Å²) in [6.45, 7) is 4.27. The van der Waals surface area contributed by atoms with Crippen LogP contribution < -0.4 is 5.32 Å². The normalized spacial score (nSPS) is 21.6. The van der Waals surface area contributed by atoms with Gasteiger partial charge in [-0.2, -0.15) is 0 Å². The standard InChI is InChI=1S/C15H23NO/c1-13(14-7-3-2-4-8-14)16-11-5-9-15-10-6-12-17-15/h2-4,7-8,13,15-16H,5-6,9-12H2,1H3/t13-,15?/m0/s1. The summed E-state index contributed by atoms with van der Waals surface area (Å²) >= 11 is 0. The third-order valence-corrected chi connectivity index (χ3v) is 3.48. The average Bonchev–Trinajstić information content (AvgIpc) is 2.88. The van der Waals surface area contributed by atoms with Gasteiger partial charge < -0.3 is 10.1 Å². The topological polar surface area (TPSA) is 21.3 Å². The van der Waals surface area contributed by atoms with Gasteiger partial charge in [0.15, 0.2) is 0 Å². The molecule has 1 unspecified atom stereocenters. The van der Waals surface area contributed by atoms with E-state index in [0.29, 0.717) is 12.1 Å². The monoisotopic (exact) mass is 233 g/mol. The first-order valence-corrected chi connectivity index (χ1v) is 6.76. The van der Waals surface area contributed by atoms with Crippen molar-refractivity contribution < 1.29 is 4.74 Å². The number of rotatable bonds is 6. The Morgan fingerprint density at radius 3 is 2.88 bits per heavy atom. The lowest BCUT2D eigenvalue weighted by Gasteiger charge is -2.15. The van der Waals surface area contributed by atoms with Gasteiger partial charge in [0.25, 0.3) is 0 Å². The van der Waals surface area contributed by atoms with E-state index in [4.69, 9.17) is 4.74 Å². The SMILES string of the molecule is C[C@H](NCCCC1CCCO1)c1ccccc1. The highest BCUT2D eigenvalue weighted by Crippen LogP contribution is 2.17. The lowest BCUT2D eigenvalue weighted by molar-refractivity contribution is 0.102. The second-order valence-electron chi connectivity index (χ2n) is 4.86. The summed E-state index contributed by atoms with van der Waals surface area (Å²) in [5.41, 5.74) is 1.37. The average molecular weight is 233 g/mol. The molecule has 2 atom stereocenters. The molecule has 0 aliphatic carbocycles. The van der Waals surface area contributed by atoms with Gasteiger partial charge in [0.1, 0.15) is 0 Å². The molecular formula is C15H23NO. The molecule has 1 aromatic rings. The molecule has 0 amide bonds. The van der Waals surface area contributed by atoms with Crippen LogP contribution in [0.5, 0.6) is 0 Å². The highest BCUT2D eigenvalue weighted by Gasteiger charge is 2.14. The number of benzene rings is 1. The van der Waals surface area contributed by atoms with Crippen LogP contribution in [0.2, 0.25) is 0 Å². The maximum atomic E-state index is 5.62. The van der Waals surface area contributed by atoms with Crippen molar-refractivity contribution in [1.29, 1.82) is 0 Å². The summed E-state index contributed by atoms with van der Waals surface area (Å²) in [6.07, 6.45) is 5.45. The van der Waals surface area contributed by atoms with Gasteiger partial charge in [0.2, 0.25) is 0 Å². The molecule has 0 spiro atoms. The Hall–Kier alpha value is -0.860. The Bertz CT molecular complexity index is 306. The second-order valence-corrected chi connectivity index (χ2v) is 4.86. The van der Waals surface area contributed by atoms with Crippen molar-refractivity contribution in [1.82, 2.24) is 5.32 Å². The van der Waals surface area contributed by atoms with Crippen LogP contribution >= 0.6 is 0 Å². The summed E-state index contributed by atoms with van der Waals surface area (Å²) in [7, 11) is 0. The van der Waals surface area contributed by atoms with E-state index in [1.807, 2.05) is 0 Å². The smallest absolute Gasteiger partial charge is 0.0576 e. The van der Waals surface area contributed by atoms with Crippen molar-refractivity contribution in [2.24, 2.45) is 0 Å². The Labute approximate surface area is 104 Å². The zero-order valence-electron chi connectivity index (χ0n) is 10.7. The Kier molecular flexibility index (Phi) is 5.02. The van der Waals surface area contributed by atoms with Crippen LogP contribution in [0.25, 0.3) is 0 Å². The molecule has 2 heteroatoms. The maximum absolute atomic E-state index is 5.62. The highest BCUT2D eigenvalue weighted by molar-refractivity contribution is 5.17. The van der Waals surface area contributed by atoms with Crippen molar-refractivity contribution in [3.05, 3.63) is 35.9 Å². The van der Waals surface area contributed by atoms with E-state index < -0.39 is 0 Å². The van der Waals surface area contributed by atoms with Crippen molar-refractivity contribution in [2.45, 2.75) is 44.8 Å². The molecule has 0 saturated carbocycles. The van der Waals surface area contributed by atoms with Gasteiger partial charge in [0, 0.05) is 12.6 Å². The molecule has 1 N–H and O–H groups in total. The lowest BCUT2D eigenvalue weighted by atomic mass is 10.1. The third kappa shape index (κ3) is 4.14. The Morgan fingerprint density at radius 2 is 2.18 bits per heavy atom. The molecule has 2 nitrogen and oxygen atoms in total. The van der Waals surface area contributed by atoms with E-state index in [2.05, 4.69) is 42.6 Å². The molecule has 1 aromatic carbocycles. The minimum absolute atomic E-state index is 0.445. The molecule has 17 heavy (non-hydrogen) atoms. The summed E-state index contributed by atoms with van der Waals surface area (Å²) in [4.78, 5) is 0. The largest absolute Gasteiger partial charge is 0.378 e. The van der Waals surface area contributed by atoms with Crippen LogP contribution in [0.4, 0.5) is 0 Å². The van der Waals surface area contributed by atoms with Crippen LogP contribution in [-0.2, 0) is 4.74 Å². The molecule has 0 radical (unpaired) electrons. The summed E-state index contributed by atoms with van der Waals surface area (Å²) < 4.78 is 5.62. The van der Waals surface area contributed by atoms with Crippen LogP contribution in [0.3, 0.4) is 0 Å². The first-order valence-electron chi connectivity index (χ1n) is 6.76. The van der Waals surface area contributed by atoms with Crippen LogP contribution in [0.1, 0.15) is 44.2 Å². The van der Waals surface area contributed by atoms with Crippen molar-refractivity contribution in [3.8, 4) is 0 Å². The van der Waals surface area contributed by atoms with Crippen molar-refractivity contribution in [3.63, 3.8) is 0 Å². The van der Waals surface area contributed by atoms with Crippen molar-refractivity contribution >= 4 is 0 Å². The third-order valence-electron chi connectivity index (χ3n) is 3.48. The van der Waals surface area contributed by atoms with Gasteiger partial charge in [-0.05, 0) is 44.7 Å². The molecule has 0 bridgehead atoms. The van der Waals surface area contributed by atoms with Crippen LogP contribution in [-0.4, -0.2) is 19.3 Å². The fraction of sp³-hybridized carbons (Fsp3) is 0.600. The maximum Gasteiger partial charge on any atom is 0.0576 e. The van der Waals surface area contributed by atoms with Gasteiger partial charge in [0.05, 0.1) is 6.10 Å². The first-order chi connectivity index (χ1) is 8.36. The summed E-state index contributed by atoms with van der Waals surface area (Å²) in [5, 5.41) is 3.57. The van der Waals surface area contributed by atoms with Gasteiger partial charge >= 0.3 is 0 Å². The highest BCUT2D eigenvalue weighted by atomic mass is 16.5. The van der Waals surface area contributed by atoms with Crippen LogP contribution in [0.15, 0.2) is 30.3 Å². The number of hydrogen-bond donors (Lipinski definition) is 1. The van der Waals surface area contributed by atoms with Gasteiger partial charge in [-0.15, -0.1) is 0 Å². The molecule has 94 valence electrons. The Balaban J connectivity index is 1.61. The quantitative estimate of drug-likeness (QED) is 0.761. The van der Waals surface area contributed by atoms with Crippen LogP contribution in [0, 0.1) is 0 Å². The molecule has 1 fully saturated rings. The predicted molar refractivity (Wildman–Crippen MR) is 71.1 cm³/mol. The lowest BCUT2D eigenvalue weighted by Crippen LogP contribution is -2.21. The minimum atomic E-state index is 0.445. The predicted octanol–water partition coefficient (Wildman–Crippen LogP) is 3.30. The Morgan fingerprint density at radius 1 is 1.35 bits per heavy atom. The van der Waals surface area contributed by atoms with E-state index in [1.54, 1.807) is 0 Å². The molecule has 1 aliphatic rings. The van der Waals surface area contributed by atoms with E-state index in [-0.39, 0.29) is 0 Å². The first kappa shape index (κ1) is 12.6.